The first-order valence-corrected chi connectivity index (χ1v) is 6.95. The normalized spacial score (nSPS) is 21.7. The Balaban J connectivity index is 1.85. The molecule has 0 spiro atoms. The van der Waals surface area contributed by atoms with Gasteiger partial charge in [0.25, 0.3) is 0 Å². The van der Waals surface area contributed by atoms with Crippen molar-refractivity contribution in [3.05, 3.63) is 22.4 Å². The van der Waals surface area contributed by atoms with E-state index in [2.05, 4.69) is 36.7 Å². The molecular weight excluding hydrogens is 202 g/mol. The molecule has 1 aliphatic carbocycles. The Morgan fingerprint density at radius 2 is 2.07 bits per heavy atom. The summed E-state index contributed by atoms with van der Waals surface area (Å²) in [4.78, 5) is 1.46. The lowest BCUT2D eigenvalue weighted by molar-refractivity contribution is 0.354. The second-order valence-electron chi connectivity index (χ2n) is 4.74. The number of hydrogen-bond acceptors (Lipinski definition) is 2. The molecule has 1 aliphatic rings. The van der Waals surface area contributed by atoms with Crippen molar-refractivity contribution in [3.63, 3.8) is 0 Å². The van der Waals surface area contributed by atoms with Gasteiger partial charge in [-0.1, -0.05) is 18.9 Å². The van der Waals surface area contributed by atoms with E-state index in [1.165, 1.54) is 30.6 Å². The minimum Gasteiger partial charge on any atom is -0.307 e. The summed E-state index contributed by atoms with van der Waals surface area (Å²) < 4.78 is 0. The number of rotatable bonds is 4. The van der Waals surface area contributed by atoms with Gasteiger partial charge in [-0.3, -0.25) is 0 Å². The van der Waals surface area contributed by atoms with Gasteiger partial charge in [0.05, 0.1) is 0 Å². The fraction of sp³-hybridized carbons (Fsp3) is 0.692. The highest BCUT2D eigenvalue weighted by Crippen LogP contribution is 2.29. The van der Waals surface area contributed by atoms with Crippen molar-refractivity contribution in [1.82, 2.24) is 5.32 Å². The van der Waals surface area contributed by atoms with Crippen molar-refractivity contribution in [1.29, 1.82) is 0 Å². The fourth-order valence-electron chi connectivity index (χ4n) is 2.61. The Morgan fingerprint density at radius 3 is 2.67 bits per heavy atom. The van der Waals surface area contributed by atoms with Gasteiger partial charge in [0.15, 0.2) is 0 Å². The highest BCUT2D eigenvalue weighted by molar-refractivity contribution is 7.10. The van der Waals surface area contributed by atoms with Crippen LogP contribution in [-0.2, 0) is 0 Å². The molecule has 2 heteroatoms. The molecule has 1 saturated carbocycles. The third kappa shape index (κ3) is 2.82. The maximum Gasteiger partial charge on any atom is 0.0388 e. The zero-order chi connectivity index (χ0) is 10.7. The Bertz CT molecular complexity index is 275. The average molecular weight is 223 g/mol. The lowest BCUT2D eigenvalue weighted by Gasteiger charge is -2.24. The minimum absolute atomic E-state index is 0.514. The topological polar surface area (TPSA) is 12.0 Å². The van der Waals surface area contributed by atoms with Crippen molar-refractivity contribution >= 4 is 11.3 Å². The summed E-state index contributed by atoms with van der Waals surface area (Å²) in [5.74, 6) is 0.910. The van der Waals surface area contributed by atoms with Crippen LogP contribution in [-0.4, -0.2) is 6.04 Å². The summed E-state index contributed by atoms with van der Waals surface area (Å²) >= 11 is 1.85. The van der Waals surface area contributed by atoms with Gasteiger partial charge in [-0.05, 0) is 44.1 Å². The van der Waals surface area contributed by atoms with Crippen molar-refractivity contribution < 1.29 is 0 Å². The third-order valence-electron chi connectivity index (χ3n) is 3.59. The summed E-state index contributed by atoms with van der Waals surface area (Å²) in [7, 11) is 0. The van der Waals surface area contributed by atoms with E-state index in [1.54, 1.807) is 0 Å². The van der Waals surface area contributed by atoms with Gasteiger partial charge >= 0.3 is 0 Å². The second-order valence-corrected chi connectivity index (χ2v) is 5.72. The quantitative estimate of drug-likeness (QED) is 0.814. The molecule has 0 aromatic carbocycles. The van der Waals surface area contributed by atoms with Crippen LogP contribution in [0.4, 0.5) is 0 Å². The van der Waals surface area contributed by atoms with Gasteiger partial charge in [-0.15, -0.1) is 11.3 Å². The molecule has 1 heterocycles. The molecule has 1 nitrogen and oxygen atoms in total. The Labute approximate surface area is 96.9 Å². The van der Waals surface area contributed by atoms with E-state index in [0.29, 0.717) is 12.1 Å². The van der Waals surface area contributed by atoms with Crippen LogP contribution in [0.5, 0.6) is 0 Å². The van der Waals surface area contributed by atoms with E-state index < -0.39 is 0 Å². The van der Waals surface area contributed by atoms with Crippen LogP contribution in [0.3, 0.4) is 0 Å². The van der Waals surface area contributed by atoms with Crippen LogP contribution in [0.1, 0.15) is 50.4 Å². The number of hydrogen-bond donors (Lipinski definition) is 1. The van der Waals surface area contributed by atoms with Gasteiger partial charge in [0.1, 0.15) is 0 Å². The smallest absolute Gasteiger partial charge is 0.0388 e. The fourth-order valence-corrected chi connectivity index (χ4v) is 3.35. The monoisotopic (exact) mass is 223 g/mol. The molecule has 0 aliphatic heterocycles. The Hall–Kier alpha value is -0.340. The SMILES string of the molecule is CC(N[C@@H](C)C1CCCC1)c1cccs1. The lowest BCUT2D eigenvalue weighted by Crippen LogP contribution is -2.33. The van der Waals surface area contributed by atoms with E-state index in [9.17, 15) is 0 Å². The molecular formula is C13H21NS. The minimum atomic E-state index is 0.514. The van der Waals surface area contributed by atoms with Gasteiger partial charge in [0.2, 0.25) is 0 Å². The van der Waals surface area contributed by atoms with E-state index >= 15 is 0 Å². The van der Waals surface area contributed by atoms with Crippen molar-refractivity contribution in [2.45, 2.75) is 51.6 Å². The van der Waals surface area contributed by atoms with Crippen LogP contribution in [0.2, 0.25) is 0 Å². The van der Waals surface area contributed by atoms with Crippen LogP contribution in [0.15, 0.2) is 17.5 Å². The number of thiophene rings is 1. The first-order chi connectivity index (χ1) is 7.27. The third-order valence-corrected chi connectivity index (χ3v) is 4.64. The number of nitrogens with one attached hydrogen (secondary N) is 1. The van der Waals surface area contributed by atoms with Gasteiger partial charge in [-0.2, -0.15) is 0 Å². The molecule has 1 aromatic heterocycles. The van der Waals surface area contributed by atoms with E-state index in [1.807, 2.05) is 11.3 Å². The highest BCUT2D eigenvalue weighted by Gasteiger charge is 2.22. The van der Waals surface area contributed by atoms with E-state index in [4.69, 9.17) is 0 Å². The molecule has 1 unspecified atom stereocenters. The van der Waals surface area contributed by atoms with E-state index in [-0.39, 0.29) is 0 Å². The van der Waals surface area contributed by atoms with Crippen molar-refractivity contribution in [2.24, 2.45) is 5.92 Å². The van der Waals surface area contributed by atoms with Crippen LogP contribution in [0.25, 0.3) is 0 Å². The van der Waals surface area contributed by atoms with Crippen LogP contribution >= 0.6 is 11.3 Å². The summed E-state index contributed by atoms with van der Waals surface area (Å²) in [6.45, 7) is 4.62. The predicted molar refractivity (Wildman–Crippen MR) is 67.3 cm³/mol. The second kappa shape index (κ2) is 5.13. The summed E-state index contributed by atoms with van der Waals surface area (Å²) in [5.41, 5.74) is 0. The standard InChI is InChI=1S/C13H21NS/c1-10(12-6-3-4-7-12)14-11(2)13-8-5-9-15-13/h5,8-12,14H,3-4,6-7H2,1-2H3/t10-,11?/m0/s1. The lowest BCUT2D eigenvalue weighted by atomic mass is 9.99. The molecule has 84 valence electrons. The molecule has 15 heavy (non-hydrogen) atoms. The molecule has 2 atom stereocenters. The van der Waals surface area contributed by atoms with Crippen molar-refractivity contribution in [3.8, 4) is 0 Å². The zero-order valence-corrected chi connectivity index (χ0v) is 10.5. The first-order valence-electron chi connectivity index (χ1n) is 6.07. The molecule has 2 rings (SSSR count). The average Bonchev–Trinajstić information content (AvgIpc) is 2.91. The molecule has 0 saturated heterocycles. The van der Waals surface area contributed by atoms with Gasteiger partial charge in [-0.25, -0.2) is 0 Å². The van der Waals surface area contributed by atoms with Gasteiger partial charge < -0.3 is 5.32 Å². The first kappa shape index (κ1) is 11.2. The Morgan fingerprint density at radius 1 is 1.33 bits per heavy atom. The van der Waals surface area contributed by atoms with Crippen LogP contribution < -0.4 is 5.32 Å². The molecule has 0 bridgehead atoms. The molecule has 1 N–H and O–H groups in total. The summed E-state index contributed by atoms with van der Waals surface area (Å²) in [5, 5.41) is 5.90. The predicted octanol–water partition coefficient (Wildman–Crippen LogP) is 3.98. The van der Waals surface area contributed by atoms with Crippen molar-refractivity contribution in [2.75, 3.05) is 0 Å². The molecule has 0 radical (unpaired) electrons. The molecule has 1 aromatic rings. The van der Waals surface area contributed by atoms with E-state index in [0.717, 1.165) is 5.92 Å². The summed E-state index contributed by atoms with van der Waals surface area (Å²) in [6, 6.07) is 5.55. The zero-order valence-electron chi connectivity index (χ0n) is 9.70. The highest BCUT2D eigenvalue weighted by atomic mass is 32.1. The summed E-state index contributed by atoms with van der Waals surface area (Å²) in [6.07, 6.45) is 5.71. The maximum atomic E-state index is 3.73. The van der Waals surface area contributed by atoms with Gasteiger partial charge in [0, 0.05) is 17.0 Å². The largest absolute Gasteiger partial charge is 0.307 e. The molecule has 0 amide bonds. The Kier molecular flexibility index (Phi) is 3.81. The maximum absolute atomic E-state index is 3.73. The molecule has 1 fully saturated rings. The van der Waals surface area contributed by atoms with Crippen LogP contribution in [0, 0.1) is 5.92 Å².